The molecule has 0 spiro atoms. The van der Waals surface area contributed by atoms with Crippen molar-refractivity contribution in [1.29, 1.82) is 0 Å². The van der Waals surface area contributed by atoms with Gasteiger partial charge >= 0.3 is 0 Å². The predicted molar refractivity (Wildman–Crippen MR) is 107 cm³/mol. The highest BCUT2D eigenvalue weighted by atomic mass is 16.5. The zero-order chi connectivity index (χ0) is 18.4. The van der Waals surface area contributed by atoms with E-state index in [0.717, 1.165) is 41.8 Å². The number of hydrogen-bond donors (Lipinski definition) is 2. The van der Waals surface area contributed by atoms with Gasteiger partial charge < -0.3 is 20.7 Å². The van der Waals surface area contributed by atoms with Crippen LogP contribution in [0.2, 0.25) is 0 Å². The van der Waals surface area contributed by atoms with Crippen molar-refractivity contribution in [1.82, 2.24) is 4.98 Å². The number of anilines is 2. The van der Waals surface area contributed by atoms with Gasteiger partial charge in [0.25, 0.3) is 0 Å². The Morgan fingerprint density at radius 2 is 1.96 bits per heavy atom. The fourth-order valence-electron chi connectivity index (χ4n) is 2.97. The molecule has 1 saturated heterocycles. The lowest BCUT2D eigenvalue weighted by molar-refractivity contribution is 0.415. The number of nitrogens with one attached hydrogen (secondary N) is 1. The highest BCUT2D eigenvalue weighted by Gasteiger charge is 2.16. The molecule has 138 valence electrons. The average Bonchev–Trinajstić information content (AvgIpc) is 2.68. The second-order valence-electron chi connectivity index (χ2n) is 6.75. The van der Waals surface area contributed by atoms with E-state index < -0.39 is 0 Å². The molecular weight excluding hydrogens is 326 g/mol. The van der Waals surface area contributed by atoms with Crippen LogP contribution in [0.25, 0.3) is 0 Å². The molecule has 0 saturated carbocycles. The van der Waals surface area contributed by atoms with Crippen LogP contribution in [-0.4, -0.2) is 31.1 Å². The molecule has 3 rings (SSSR count). The summed E-state index contributed by atoms with van der Waals surface area (Å²) in [5.74, 6) is 3.06. The number of hydrogen-bond acceptors (Lipinski definition) is 4. The second kappa shape index (κ2) is 8.56. The van der Waals surface area contributed by atoms with Gasteiger partial charge in [0.05, 0.1) is 13.7 Å². The monoisotopic (exact) mass is 353 g/mol. The lowest BCUT2D eigenvalue weighted by Gasteiger charge is -2.31. The molecule has 0 unspecified atom stereocenters. The fraction of sp³-hybridized carbons (Fsp3) is 0.400. The van der Waals surface area contributed by atoms with Crippen molar-refractivity contribution in [2.75, 3.05) is 30.4 Å². The molecule has 0 atom stereocenters. The summed E-state index contributed by atoms with van der Waals surface area (Å²) in [5, 5.41) is 3.07. The smallest absolute Gasteiger partial charge is 0.193 e. The van der Waals surface area contributed by atoms with Gasteiger partial charge in [0.2, 0.25) is 0 Å². The first-order valence-corrected chi connectivity index (χ1v) is 9.05. The third-order valence-corrected chi connectivity index (χ3v) is 4.71. The summed E-state index contributed by atoms with van der Waals surface area (Å²) in [4.78, 5) is 11.3. The van der Waals surface area contributed by atoms with E-state index >= 15 is 0 Å². The molecule has 1 fully saturated rings. The van der Waals surface area contributed by atoms with E-state index in [4.69, 9.17) is 10.5 Å². The van der Waals surface area contributed by atoms with Crippen LogP contribution in [0.4, 0.5) is 11.5 Å². The van der Waals surface area contributed by atoms with Crippen molar-refractivity contribution >= 4 is 17.5 Å². The summed E-state index contributed by atoms with van der Waals surface area (Å²) in [6.07, 6.45) is 4.36. The normalized spacial score (nSPS) is 15.8. The Hall–Kier alpha value is -2.76. The summed E-state index contributed by atoms with van der Waals surface area (Å²) in [5.41, 5.74) is 7.88. The Kier molecular flexibility index (Phi) is 5.94. The first-order valence-electron chi connectivity index (χ1n) is 9.05. The molecule has 0 radical (unpaired) electrons. The maximum absolute atomic E-state index is 5.96. The number of piperidine rings is 1. The van der Waals surface area contributed by atoms with Crippen LogP contribution in [0.3, 0.4) is 0 Å². The molecular formula is C20H27N5O. The fourth-order valence-corrected chi connectivity index (χ4v) is 2.97. The zero-order valence-corrected chi connectivity index (χ0v) is 15.5. The van der Waals surface area contributed by atoms with Crippen LogP contribution in [0, 0.1) is 5.92 Å². The minimum absolute atomic E-state index is 0.379. The molecule has 1 aliphatic heterocycles. The number of ether oxygens (including phenoxy) is 1. The third-order valence-electron chi connectivity index (χ3n) is 4.71. The van der Waals surface area contributed by atoms with E-state index in [2.05, 4.69) is 39.2 Å². The highest BCUT2D eigenvalue weighted by Crippen LogP contribution is 2.21. The quantitative estimate of drug-likeness (QED) is 0.637. The van der Waals surface area contributed by atoms with E-state index in [-0.39, 0.29) is 0 Å². The van der Waals surface area contributed by atoms with Gasteiger partial charge in [-0.15, -0.1) is 0 Å². The average molecular weight is 353 g/mol. The van der Waals surface area contributed by atoms with E-state index in [0.29, 0.717) is 12.5 Å². The molecule has 1 aromatic carbocycles. The summed E-state index contributed by atoms with van der Waals surface area (Å²) in [6, 6.07) is 11.7. The number of guanidine groups is 1. The van der Waals surface area contributed by atoms with Crippen LogP contribution in [0.5, 0.6) is 5.75 Å². The molecule has 0 bridgehead atoms. The van der Waals surface area contributed by atoms with E-state index in [9.17, 15) is 0 Å². The summed E-state index contributed by atoms with van der Waals surface area (Å²) in [6.45, 7) is 4.99. The minimum Gasteiger partial charge on any atom is -0.497 e. The standard InChI is InChI=1S/C20H27N5O/c1-15-9-11-25(12-10-15)19-8-3-16(13-22-19)14-23-20(21)24-17-4-6-18(26-2)7-5-17/h3-8,13,15H,9-12,14H2,1-2H3,(H3,21,23,24). The van der Waals surface area contributed by atoms with E-state index in [1.54, 1.807) is 7.11 Å². The maximum atomic E-state index is 5.96. The van der Waals surface area contributed by atoms with Crippen molar-refractivity contribution in [3.63, 3.8) is 0 Å². The van der Waals surface area contributed by atoms with Gasteiger partial charge in [-0.2, -0.15) is 0 Å². The molecule has 3 N–H and O–H groups in total. The number of aromatic nitrogens is 1. The summed E-state index contributed by atoms with van der Waals surface area (Å²) in [7, 11) is 1.64. The molecule has 2 heterocycles. The van der Waals surface area contributed by atoms with Crippen molar-refractivity contribution in [3.05, 3.63) is 48.2 Å². The van der Waals surface area contributed by atoms with Crippen molar-refractivity contribution in [2.45, 2.75) is 26.3 Å². The van der Waals surface area contributed by atoms with Crippen molar-refractivity contribution in [3.8, 4) is 5.75 Å². The summed E-state index contributed by atoms with van der Waals surface area (Å²) < 4.78 is 5.14. The number of nitrogens with zero attached hydrogens (tertiary/aromatic N) is 3. The van der Waals surface area contributed by atoms with Crippen molar-refractivity contribution in [2.24, 2.45) is 16.6 Å². The molecule has 1 aromatic heterocycles. The van der Waals surface area contributed by atoms with Crippen LogP contribution in [0.15, 0.2) is 47.6 Å². The Morgan fingerprint density at radius 3 is 2.58 bits per heavy atom. The number of benzene rings is 1. The lowest BCUT2D eigenvalue weighted by Crippen LogP contribution is -2.33. The number of aliphatic imine (C=N–C) groups is 1. The molecule has 0 amide bonds. The van der Waals surface area contributed by atoms with Crippen LogP contribution in [-0.2, 0) is 6.54 Å². The van der Waals surface area contributed by atoms with Crippen molar-refractivity contribution < 1.29 is 4.74 Å². The molecule has 1 aliphatic rings. The SMILES string of the molecule is COc1ccc(NC(N)=NCc2ccc(N3CCC(C)CC3)nc2)cc1. The lowest BCUT2D eigenvalue weighted by atomic mass is 9.99. The number of methoxy groups -OCH3 is 1. The Bertz CT molecular complexity index is 719. The molecule has 0 aliphatic carbocycles. The number of nitrogens with two attached hydrogens (primary N) is 1. The maximum Gasteiger partial charge on any atom is 0.193 e. The van der Waals surface area contributed by atoms with Crippen LogP contribution in [0.1, 0.15) is 25.3 Å². The predicted octanol–water partition coefficient (Wildman–Crippen LogP) is 3.25. The van der Waals surface area contributed by atoms with E-state index in [1.165, 1.54) is 12.8 Å². The molecule has 6 heteroatoms. The van der Waals surface area contributed by atoms with Gasteiger partial charge in [-0.05, 0) is 54.7 Å². The van der Waals surface area contributed by atoms with E-state index in [1.807, 2.05) is 30.5 Å². The molecule has 2 aromatic rings. The van der Waals surface area contributed by atoms with Gasteiger partial charge in [-0.3, -0.25) is 0 Å². The third kappa shape index (κ3) is 4.88. The van der Waals surface area contributed by atoms with Crippen LogP contribution >= 0.6 is 0 Å². The first-order chi connectivity index (χ1) is 12.6. The first kappa shape index (κ1) is 18.0. The van der Waals surface area contributed by atoms with Gasteiger partial charge in [0.15, 0.2) is 5.96 Å². The topological polar surface area (TPSA) is 75.8 Å². The highest BCUT2D eigenvalue weighted by molar-refractivity contribution is 5.92. The number of rotatable bonds is 5. The van der Waals surface area contributed by atoms with Gasteiger partial charge in [0.1, 0.15) is 11.6 Å². The zero-order valence-electron chi connectivity index (χ0n) is 15.5. The van der Waals surface area contributed by atoms with Gasteiger partial charge in [0, 0.05) is 25.0 Å². The minimum atomic E-state index is 0.379. The Labute approximate surface area is 155 Å². The molecule has 6 nitrogen and oxygen atoms in total. The molecule has 26 heavy (non-hydrogen) atoms. The Balaban J connectivity index is 1.53. The second-order valence-corrected chi connectivity index (χ2v) is 6.75. The number of pyridine rings is 1. The van der Waals surface area contributed by atoms with Gasteiger partial charge in [-0.1, -0.05) is 13.0 Å². The van der Waals surface area contributed by atoms with Crippen LogP contribution < -0.4 is 20.7 Å². The largest absolute Gasteiger partial charge is 0.497 e. The summed E-state index contributed by atoms with van der Waals surface area (Å²) >= 11 is 0. The van der Waals surface area contributed by atoms with Gasteiger partial charge in [-0.25, -0.2) is 9.98 Å². The Morgan fingerprint density at radius 1 is 1.23 bits per heavy atom.